The lowest BCUT2D eigenvalue weighted by Crippen LogP contribution is -2.21. The first-order valence-electron chi connectivity index (χ1n) is 12.0. The standard InChI is InChI=1S/C29H32N2O3/c1-5-31(6-2)21-12-14-25-27(18-21)34-26-17-20(30-16-15-19(3)4)11-13-24(26)28(25)22-9-7-8-10-23(22)29(32)33/h7-14,17-19H,5-6,15-16H2,1-4H3,(H,32,33). The van der Waals surface area contributed by atoms with E-state index >= 15 is 0 Å². The highest BCUT2D eigenvalue weighted by atomic mass is 16.4. The van der Waals surface area contributed by atoms with Crippen molar-refractivity contribution in [2.45, 2.75) is 34.1 Å². The molecule has 1 aliphatic heterocycles. The first kappa shape index (κ1) is 23.6. The number of hydrogen-bond acceptors (Lipinski definition) is 4. The summed E-state index contributed by atoms with van der Waals surface area (Å²) in [4.78, 5) is 19.1. The Morgan fingerprint density at radius 3 is 2.47 bits per heavy atom. The van der Waals surface area contributed by atoms with E-state index in [2.05, 4.69) is 44.7 Å². The van der Waals surface area contributed by atoms with Gasteiger partial charge in [0.05, 0.1) is 10.9 Å². The van der Waals surface area contributed by atoms with Crippen LogP contribution in [-0.4, -0.2) is 30.7 Å². The van der Waals surface area contributed by atoms with Crippen molar-refractivity contribution in [3.05, 3.63) is 71.6 Å². The molecule has 0 atom stereocenters. The molecule has 0 amide bonds. The topological polar surface area (TPSA) is 66.0 Å². The quantitative estimate of drug-likeness (QED) is 0.300. The smallest absolute Gasteiger partial charge is 0.336 e. The summed E-state index contributed by atoms with van der Waals surface area (Å²) in [5.74, 6) is 0.346. The summed E-state index contributed by atoms with van der Waals surface area (Å²) in [6, 6.07) is 19.3. The molecule has 0 unspecified atom stereocenters. The third kappa shape index (κ3) is 4.69. The summed E-state index contributed by atoms with van der Waals surface area (Å²) in [5, 5.41) is 11.7. The lowest BCUT2D eigenvalue weighted by Gasteiger charge is -2.22. The van der Waals surface area contributed by atoms with Crippen molar-refractivity contribution in [1.29, 1.82) is 0 Å². The number of carboxylic acids is 1. The predicted molar refractivity (Wildman–Crippen MR) is 139 cm³/mol. The summed E-state index contributed by atoms with van der Waals surface area (Å²) >= 11 is 0. The number of carbonyl (C=O) groups is 1. The van der Waals surface area contributed by atoms with Crippen molar-refractivity contribution in [3.8, 4) is 22.5 Å². The number of aromatic carboxylic acids is 1. The minimum atomic E-state index is -0.947. The molecule has 0 saturated carbocycles. The molecule has 1 N–H and O–H groups in total. The van der Waals surface area contributed by atoms with Crippen molar-refractivity contribution in [2.24, 2.45) is 10.9 Å². The number of benzene rings is 3. The molecule has 2 aromatic rings. The van der Waals surface area contributed by atoms with Crippen LogP contribution in [0, 0.1) is 5.92 Å². The number of hydrogen-bond donors (Lipinski definition) is 1. The molecule has 2 aromatic carbocycles. The molecule has 34 heavy (non-hydrogen) atoms. The summed E-state index contributed by atoms with van der Waals surface area (Å²) in [6.45, 7) is 11.2. The zero-order valence-electron chi connectivity index (χ0n) is 20.3. The zero-order chi connectivity index (χ0) is 24.2. The Hall–Kier alpha value is -3.60. The SMILES string of the molecule is CCN(CC)c1ccc2c(-c3ccccc3C(=O)O)c3ccc(=NCCC(C)C)cc-3oc2c1. The van der Waals surface area contributed by atoms with E-state index in [-0.39, 0.29) is 5.56 Å². The predicted octanol–water partition coefficient (Wildman–Crippen LogP) is 6.70. The van der Waals surface area contributed by atoms with Gasteiger partial charge in [-0.25, -0.2) is 4.79 Å². The van der Waals surface area contributed by atoms with Gasteiger partial charge in [0.25, 0.3) is 0 Å². The summed E-state index contributed by atoms with van der Waals surface area (Å²) in [7, 11) is 0. The van der Waals surface area contributed by atoms with Gasteiger partial charge in [-0.3, -0.25) is 4.99 Å². The van der Waals surface area contributed by atoms with Crippen LogP contribution in [-0.2, 0) is 0 Å². The van der Waals surface area contributed by atoms with Crippen LogP contribution in [0.5, 0.6) is 0 Å². The van der Waals surface area contributed by atoms with E-state index in [9.17, 15) is 9.90 Å². The average Bonchev–Trinajstić information content (AvgIpc) is 2.83. The van der Waals surface area contributed by atoms with Gasteiger partial charge in [-0.2, -0.15) is 0 Å². The molecule has 4 rings (SSSR count). The molecule has 176 valence electrons. The number of anilines is 1. The highest BCUT2D eigenvalue weighted by Gasteiger charge is 2.21. The van der Waals surface area contributed by atoms with Crippen LogP contribution in [0.2, 0.25) is 0 Å². The second-order valence-corrected chi connectivity index (χ2v) is 8.93. The fourth-order valence-corrected chi connectivity index (χ4v) is 4.38. The van der Waals surface area contributed by atoms with Crippen LogP contribution in [0.15, 0.2) is 70.1 Å². The van der Waals surface area contributed by atoms with E-state index in [0.29, 0.717) is 17.2 Å². The Morgan fingerprint density at radius 2 is 1.76 bits per heavy atom. The van der Waals surface area contributed by atoms with E-state index in [4.69, 9.17) is 9.41 Å². The van der Waals surface area contributed by atoms with E-state index in [1.54, 1.807) is 12.1 Å². The molecular formula is C29H32N2O3. The Kier molecular flexibility index (Phi) is 7.01. The molecule has 5 nitrogen and oxygen atoms in total. The van der Waals surface area contributed by atoms with E-state index in [1.807, 2.05) is 36.4 Å². The minimum absolute atomic E-state index is 0.273. The van der Waals surface area contributed by atoms with Gasteiger partial charge in [-0.15, -0.1) is 0 Å². The van der Waals surface area contributed by atoms with Gasteiger partial charge >= 0.3 is 5.97 Å². The lowest BCUT2D eigenvalue weighted by atomic mass is 9.90. The Bertz CT molecular complexity index is 1350. The van der Waals surface area contributed by atoms with Gasteiger partial charge < -0.3 is 14.4 Å². The fourth-order valence-electron chi connectivity index (χ4n) is 4.38. The molecule has 1 heterocycles. The van der Waals surface area contributed by atoms with Crippen molar-refractivity contribution >= 4 is 22.6 Å². The summed E-state index contributed by atoms with van der Waals surface area (Å²) in [6.07, 6.45) is 1.03. The maximum absolute atomic E-state index is 12.1. The van der Waals surface area contributed by atoms with Gasteiger partial charge in [0.1, 0.15) is 11.3 Å². The average molecular weight is 457 g/mol. The third-order valence-corrected chi connectivity index (χ3v) is 6.25. The molecule has 0 bridgehead atoms. The molecule has 5 heteroatoms. The van der Waals surface area contributed by atoms with E-state index in [0.717, 1.165) is 59.2 Å². The van der Waals surface area contributed by atoms with Crippen molar-refractivity contribution in [1.82, 2.24) is 0 Å². The maximum atomic E-state index is 12.1. The minimum Gasteiger partial charge on any atom is -0.478 e. The highest BCUT2D eigenvalue weighted by molar-refractivity contribution is 6.07. The van der Waals surface area contributed by atoms with Crippen LogP contribution >= 0.6 is 0 Å². The lowest BCUT2D eigenvalue weighted by molar-refractivity contribution is 0.0697. The van der Waals surface area contributed by atoms with Crippen molar-refractivity contribution in [2.75, 3.05) is 24.5 Å². The van der Waals surface area contributed by atoms with Crippen LogP contribution < -0.4 is 10.3 Å². The molecule has 0 aromatic heterocycles. The van der Waals surface area contributed by atoms with Crippen molar-refractivity contribution < 1.29 is 14.3 Å². The fraction of sp³-hybridized carbons (Fsp3) is 0.310. The highest BCUT2D eigenvalue weighted by Crippen LogP contribution is 2.42. The monoisotopic (exact) mass is 456 g/mol. The van der Waals surface area contributed by atoms with Gasteiger partial charge in [0.15, 0.2) is 0 Å². The Balaban J connectivity index is 2.01. The normalized spacial score (nSPS) is 12.1. The zero-order valence-corrected chi connectivity index (χ0v) is 20.3. The molecule has 2 aliphatic rings. The molecule has 0 saturated heterocycles. The van der Waals surface area contributed by atoms with Crippen LogP contribution in [0.4, 0.5) is 5.69 Å². The number of rotatable bonds is 8. The second kappa shape index (κ2) is 10.1. The molecule has 0 fully saturated rings. The van der Waals surface area contributed by atoms with E-state index in [1.165, 1.54) is 0 Å². The molecule has 0 radical (unpaired) electrons. The van der Waals surface area contributed by atoms with Gasteiger partial charge in [-0.05, 0) is 62.1 Å². The number of nitrogens with zero attached hydrogens (tertiary/aromatic N) is 2. The van der Waals surface area contributed by atoms with E-state index < -0.39 is 5.97 Å². The summed E-state index contributed by atoms with van der Waals surface area (Å²) in [5.41, 5.74) is 4.51. The molecule has 1 aliphatic carbocycles. The first-order valence-corrected chi connectivity index (χ1v) is 12.0. The largest absolute Gasteiger partial charge is 0.478 e. The maximum Gasteiger partial charge on any atom is 0.336 e. The number of fused-ring (bicyclic) bond motifs is 2. The van der Waals surface area contributed by atoms with Gasteiger partial charge in [-0.1, -0.05) is 32.0 Å². The second-order valence-electron chi connectivity index (χ2n) is 8.93. The van der Waals surface area contributed by atoms with Crippen LogP contribution in [0.25, 0.3) is 33.4 Å². The van der Waals surface area contributed by atoms with Gasteiger partial charge in [0, 0.05) is 54.0 Å². The van der Waals surface area contributed by atoms with Crippen LogP contribution in [0.3, 0.4) is 0 Å². The third-order valence-electron chi connectivity index (χ3n) is 6.25. The molecule has 0 spiro atoms. The number of carboxylic acid groups (broad SMARTS) is 1. The summed E-state index contributed by atoms with van der Waals surface area (Å²) < 4.78 is 6.42. The Labute approximate surface area is 200 Å². The van der Waals surface area contributed by atoms with Crippen LogP contribution in [0.1, 0.15) is 44.5 Å². The van der Waals surface area contributed by atoms with Crippen molar-refractivity contribution in [3.63, 3.8) is 0 Å². The van der Waals surface area contributed by atoms with Gasteiger partial charge in [0.2, 0.25) is 0 Å². The molecular weight excluding hydrogens is 424 g/mol. The Morgan fingerprint density at radius 1 is 1.00 bits per heavy atom. The first-order chi connectivity index (χ1) is 16.4.